The molecule has 14 rings (SSSR count). The van der Waals surface area contributed by atoms with E-state index in [1.165, 1.54) is 0 Å². The number of fused-ring (bicyclic) bond motifs is 10. The van der Waals surface area contributed by atoms with Crippen molar-refractivity contribution in [2.75, 3.05) is 0 Å². The molecule has 3 aromatic heterocycles. The van der Waals surface area contributed by atoms with Gasteiger partial charge in [0.05, 0.1) is 40.6 Å². The summed E-state index contributed by atoms with van der Waals surface area (Å²) in [5.74, 6) is 0.837. The molecule has 0 spiro atoms. The molecule has 6 nitrogen and oxygen atoms in total. The maximum absolute atomic E-state index is 10.9. The van der Waals surface area contributed by atoms with E-state index in [9.17, 15) is 14.9 Å². The van der Waals surface area contributed by atoms with Crippen LogP contribution in [0.3, 0.4) is 0 Å². The topological polar surface area (TPSA) is 59.6 Å². The van der Waals surface area contributed by atoms with Crippen molar-refractivity contribution in [1.82, 2.24) is 14.1 Å². The zero-order valence-electron chi connectivity index (χ0n) is 60.8. The number of para-hydroxylation sites is 3. The fourth-order valence-electron chi connectivity index (χ4n) is 11.1. The number of nitriles is 1. The quantitative estimate of drug-likeness (QED) is 0.113. The van der Waals surface area contributed by atoms with Gasteiger partial charge in [0.2, 0.25) is 0 Å². The molecule has 0 N–H and O–H groups in total. The van der Waals surface area contributed by atoms with Crippen LogP contribution in [-0.4, -0.2) is 14.1 Å². The maximum atomic E-state index is 10.9. The molecule has 0 saturated carbocycles. The van der Waals surface area contributed by atoms with Crippen LogP contribution in [0.2, 0.25) is 0 Å². The van der Waals surface area contributed by atoms with Crippen molar-refractivity contribution in [2.24, 2.45) is 5.41 Å². The first-order valence-corrected chi connectivity index (χ1v) is 26.8. The van der Waals surface area contributed by atoms with Crippen molar-refractivity contribution in [3.8, 4) is 102 Å². The summed E-state index contributed by atoms with van der Waals surface area (Å²) in [4.78, 5) is 4.76. The van der Waals surface area contributed by atoms with Crippen molar-refractivity contribution in [1.29, 1.82) is 5.26 Å². The minimum atomic E-state index is -1.72. The average molecular weight is 1270 g/mol. The van der Waals surface area contributed by atoms with Crippen LogP contribution in [-0.2, 0) is 32.9 Å². The molecule has 0 aliphatic carbocycles. The zero-order chi connectivity index (χ0) is 69.0. The Bertz CT molecular complexity index is 5490. The Labute approximate surface area is 520 Å². The summed E-state index contributed by atoms with van der Waals surface area (Å²) in [6.45, 7) is 11.8. The van der Waals surface area contributed by atoms with Crippen molar-refractivity contribution in [3.63, 3.8) is 0 Å². The van der Waals surface area contributed by atoms with Crippen molar-refractivity contribution >= 4 is 32.8 Å². The number of hydrogen-bond acceptors (Lipinski definition) is 3. The number of nitrogens with zero attached hydrogens (tertiary/aromatic N) is 5. The van der Waals surface area contributed by atoms with Gasteiger partial charge in [-0.1, -0.05) is 210 Å². The van der Waals surface area contributed by atoms with Gasteiger partial charge in [0.25, 0.3) is 6.33 Å². The second kappa shape index (κ2) is 20.9. The molecule has 1 aliphatic rings. The Morgan fingerprint density at radius 3 is 1.95 bits per heavy atom. The number of pyridine rings is 1. The predicted octanol–water partition coefficient (Wildman–Crippen LogP) is 18.7. The van der Waals surface area contributed by atoms with E-state index in [0.717, 1.165) is 38.5 Å². The summed E-state index contributed by atoms with van der Waals surface area (Å²) in [5, 5.41) is 12.6. The molecule has 0 bridgehead atoms. The molecule has 83 heavy (non-hydrogen) atoms. The zero-order valence-corrected chi connectivity index (χ0v) is 48.1. The number of rotatable bonds is 8. The van der Waals surface area contributed by atoms with Gasteiger partial charge in [-0.3, -0.25) is 4.57 Å². The van der Waals surface area contributed by atoms with Gasteiger partial charge in [-0.15, -0.1) is 35.7 Å². The molecular formula is C76H57N5OPt-2. The fourth-order valence-corrected chi connectivity index (χ4v) is 11.1. The molecule has 0 radical (unpaired) electrons. The number of benzene rings is 10. The van der Waals surface area contributed by atoms with Crippen LogP contribution in [0.5, 0.6) is 11.5 Å². The van der Waals surface area contributed by atoms with Gasteiger partial charge in [-0.2, -0.15) is 11.3 Å². The number of ether oxygens (including phenoxy) is 1. The standard InChI is InChI=1S/C76H57N5O.Pt/c1-75(2,3)46-49-35-36-78-72(39-49)81-69-29-16-15-25-64(69)65-34-32-58(45-71(65)81)82-59-38-50(47-77)37-57(44-59)79-48-80-73-60(55-41-53(51-19-9-7-10-20-51)40-54(42-55)52-21-11-8-12-22-52)26-17-27-67(73)68-43-56(76(4,5)6)31-33-63(68)61-23-13-14-24-62(61)66-28-18-30-70(79)74(66)80;/h7-43H,46H2,1-6H3;/q-2;/i7D,8D,9D,10D,11D,12D,19D,20D,21D,22D,40D,41D,42D,46D2;. The monoisotopic (exact) mass is 1270 g/mol. The van der Waals surface area contributed by atoms with Crippen LogP contribution < -0.4 is 9.30 Å². The summed E-state index contributed by atoms with van der Waals surface area (Å²) in [5.41, 5.74) is 5.38. The van der Waals surface area contributed by atoms with Gasteiger partial charge in [-0.05, 0) is 142 Å². The van der Waals surface area contributed by atoms with Gasteiger partial charge in [0.15, 0.2) is 0 Å². The van der Waals surface area contributed by atoms with Crippen molar-refractivity contribution in [2.45, 2.75) is 53.3 Å². The van der Waals surface area contributed by atoms with Crippen LogP contribution >= 0.6 is 0 Å². The first kappa shape index (κ1) is 38.3. The Kier molecular flexibility index (Phi) is 9.63. The third-order valence-corrected chi connectivity index (χ3v) is 14.6. The molecular weight excluding hydrogens is 1190 g/mol. The molecule has 404 valence electrons. The SMILES string of the molecule is [2H]c1c([2H])c([2H])c(-c2c([2H])c(-c3cccc4c3-[n+]3[c-]n(-c5[c-]c(Oc6[c-]c7c(cc6)c6ccccc6n7-c6cc(C([2H])([2H])C(C)(C)C)ccn6)cc(C#N)c5)c5cccc(c53)-c3ccccc3-c3ccc(C(C)(C)C)cc3-4)c([2H])c(-c3c([2H])c([2H])c([2H])c([2H])c3[2H])c2[2H])c([2H])c1[2H].[Pt]. The molecule has 7 heteroatoms. The molecule has 4 heterocycles. The molecule has 13 aromatic rings. The van der Waals surface area contributed by atoms with E-state index < -0.39 is 118 Å². The van der Waals surface area contributed by atoms with E-state index in [0.29, 0.717) is 50.3 Å². The maximum Gasteiger partial charge on any atom is 0.268 e. The molecule has 10 aromatic carbocycles. The van der Waals surface area contributed by atoms with Crippen LogP contribution in [0.15, 0.2) is 224 Å². The van der Waals surface area contributed by atoms with Gasteiger partial charge in [0.1, 0.15) is 5.82 Å². The number of hydrogen-bond donors (Lipinski definition) is 0. The predicted molar refractivity (Wildman–Crippen MR) is 333 cm³/mol. The second-order valence-electron chi connectivity index (χ2n) is 22.2. The average Bonchev–Trinajstić information content (AvgIpc) is 1.21. The Balaban J connectivity index is 0.00000864. The first-order chi connectivity index (χ1) is 46.0. The smallest absolute Gasteiger partial charge is 0.268 e. The van der Waals surface area contributed by atoms with Crippen molar-refractivity contribution < 1.29 is 50.9 Å². The molecule has 0 fully saturated rings. The van der Waals surface area contributed by atoms with E-state index in [2.05, 4.69) is 63.5 Å². The normalized spacial score (nSPS) is 14.6. The largest absolute Gasteiger partial charge is 0.510 e. The first-order valence-electron chi connectivity index (χ1n) is 34.3. The van der Waals surface area contributed by atoms with Gasteiger partial charge in [0, 0.05) is 47.0 Å². The number of aromatic nitrogens is 4. The Hall–Kier alpha value is -9.40. The molecule has 1 aliphatic heterocycles. The molecule has 0 saturated heterocycles. The number of imidazole rings is 1. The molecule has 0 amide bonds. The van der Waals surface area contributed by atoms with Crippen LogP contribution in [0.4, 0.5) is 0 Å². The van der Waals surface area contributed by atoms with Crippen LogP contribution in [0, 0.1) is 35.2 Å². The fraction of sp³-hybridized carbons (Fsp3) is 0.118. The van der Waals surface area contributed by atoms with Gasteiger partial charge < -0.3 is 13.9 Å². The van der Waals surface area contributed by atoms with Gasteiger partial charge >= 0.3 is 0 Å². The third kappa shape index (κ3) is 9.65. The summed E-state index contributed by atoms with van der Waals surface area (Å²) >= 11 is 0. The Morgan fingerprint density at radius 2 is 1.23 bits per heavy atom. The minimum absolute atomic E-state index is 0. The van der Waals surface area contributed by atoms with Crippen LogP contribution in [0.25, 0.3) is 117 Å². The van der Waals surface area contributed by atoms with E-state index in [1.807, 2.05) is 104 Å². The summed E-state index contributed by atoms with van der Waals surface area (Å²) in [6, 6.07) is 42.7. The third-order valence-electron chi connectivity index (χ3n) is 14.6. The summed E-state index contributed by atoms with van der Waals surface area (Å²) < 4.78 is 151. The molecule has 0 atom stereocenters. The Morgan fingerprint density at radius 1 is 0.590 bits per heavy atom. The summed E-state index contributed by atoms with van der Waals surface area (Å²) in [7, 11) is 0. The van der Waals surface area contributed by atoms with E-state index in [4.69, 9.17) is 20.7 Å². The molecule has 0 unspecified atom stereocenters. The van der Waals surface area contributed by atoms with Gasteiger partial charge in [-0.25, -0.2) is 4.98 Å². The van der Waals surface area contributed by atoms with Crippen molar-refractivity contribution in [3.05, 3.63) is 259 Å². The van der Waals surface area contributed by atoms with E-state index in [-0.39, 0.29) is 54.9 Å². The van der Waals surface area contributed by atoms with Crippen LogP contribution in [0.1, 0.15) is 78.8 Å². The van der Waals surface area contributed by atoms with E-state index >= 15 is 0 Å². The summed E-state index contributed by atoms with van der Waals surface area (Å²) in [6.07, 6.45) is 3.52. The van der Waals surface area contributed by atoms with E-state index in [1.54, 1.807) is 57.8 Å². The second-order valence-corrected chi connectivity index (χ2v) is 22.2. The minimum Gasteiger partial charge on any atom is -0.510 e.